The maximum absolute atomic E-state index is 12.2. The molecule has 2 atom stereocenters. The van der Waals surface area contributed by atoms with Gasteiger partial charge in [0.05, 0.1) is 12.0 Å². The maximum atomic E-state index is 12.2. The smallest absolute Gasteiger partial charge is 0.311 e. The normalized spacial score (nSPS) is 25.8. The number of aliphatic carboxylic acids is 1. The zero-order chi connectivity index (χ0) is 16.4. The number of fused-ring (bicyclic) bond motifs is 1. The Balaban J connectivity index is 0.00000208. The third-order valence-electron chi connectivity index (χ3n) is 5.47. The van der Waals surface area contributed by atoms with Crippen molar-refractivity contribution in [3.05, 3.63) is 35.4 Å². The van der Waals surface area contributed by atoms with Gasteiger partial charge in [-0.1, -0.05) is 30.7 Å². The number of carbonyl (C=O) groups is 2. The van der Waals surface area contributed by atoms with Gasteiger partial charge in [0.15, 0.2) is 0 Å². The third-order valence-corrected chi connectivity index (χ3v) is 5.47. The monoisotopic (exact) mass is 352 g/mol. The third kappa shape index (κ3) is 3.57. The summed E-state index contributed by atoms with van der Waals surface area (Å²) in [4.78, 5) is 25.8. The fourth-order valence-corrected chi connectivity index (χ4v) is 4.12. The highest BCUT2D eigenvalue weighted by atomic mass is 35.5. The first-order valence-corrected chi connectivity index (χ1v) is 8.28. The molecule has 1 aromatic carbocycles. The van der Waals surface area contributed by atoms with E-state index in [1.807, 2.05) is 36.1 Å². The Bertz CT molecular complexity index is 622. The Morgan fingerprint density at radius 3 is 2.79 bits per heavy atom. The second-order valence-corrected chi connectivity index (χ2v) is 6.92. The summed E-state index contributed by atoms with van der Waals surface area (Å²) >= 11 is 0. The molecule has 1 aromatic rings. The largest absolute Gasteiger partial charge is 0.481 e. The molecule has 1 aliphatic heterocycles. The van der Waals surface area contributed by atoms with Crippen molar-refractivity contribution in [2.75, 3.05) is 19.6 Å². The standard InChI is InChI=1S/C18H24N2O3.ClH/c1-13-5-2-3-6-14(13)9-19-16(21)11-20-10-15-7-4-8-18(15,12-20)17(22)23;/h2-3,5-6,15H,4,7-12H2,1H3,(H,19,21)(H,22,23);1H/t15-,18+;/m0./s1. The van der Waals surface area contributed by atoms with Crippen LogP contribution >= 0.6 is 12.4 Å². The second-order valence-electron chi connectivity index (χ2n) is 6.92. The number of aryl methyl sites for hydroxylation is 1. The van der Waals surface area contributed by atoms with Gasteiger partial charge in [-0.3, -0.25) is 14.5 Å². The molecule has 1 aliphatic carbocycles. The van der Waals surface area contributed by atoms with Crippen molar-refractivity contribution in [3.8, 4) is 0 Å². The molecule has 0 spiro atoms. The van der Waals surface area contributed by atoms with Gasteiger partial charge in [-0.25, -0.2) is 0 Å². The van der Waals surface area contributed by atoms with E-state index < -0.39 is 11.4 Å². The number of rotatable bonds is 5. The highest BCUT2D eigenvalue weighted by Crippen LogP contribution is 2.48. The SMILES string of the molecule is Cc1ccccc1CNC(=O)CN1C[C@@H]2CCC[C@@]2(C(=O)O)C1.Cl. The van der Waals surface area contributed by atoms with Crippen molar-refractivity contribution >= 4 is 24.3 Å². The molecular formula is C18H25ClN2O3. The molecule has 6 heteroatoms. The van der Waals surface area contributed by atoms with Gasteiger partial charge in [-0.2, -0.15) is 0 Å². The van der Waals surface area contributed by atoms with E-state index in [-0.39, 0.29) is 30.8 Å². The molecule has 2 N–H and O–H groups in total. The Kier molecular flexibility index (Phi) is 5.88. The molecule has 24 heavy (non-hydrogen) atoms. The lowest BCUT2D eigenvalue weighted by Crippen LogP contribution is -2.39. The highest BCUT2D eigenvalue weighted by molar-refractivity contribution is 5.85. The molecule has 2 aliphatic rings. The van der Waals surface area contributed by atoms with Gasteiger partial charge in [0.25, 0.3) is 0 Å². The van der Waals surface area contributed by atoms with E-state index in [0.717, 1.165) is 36.9 Å². The summed E-state index contributed by atoms with van der Waals surface area (Å²) in [6, 6.07) is 7.98. The minimum absolute atomic E-state index is 0. The van der Waals surface area contributed by atoms with Crippen LogP contribution in [-0.2, 0) is 16.1 Å². The van der Waals surface area contributed by atoms with E-state index in [0.29, 0.717) is 13.1 Å². The van der Waals surface area contributed by atoms with Gasteiger partial charge in [0.2, 0.25) is 5.91 Å². The van der Waals surface area contributed by atoms with E-state index in [1.165, 1.54) is 0 Å². The van der Waals surface area contributed by atoms with Crippen LogP contribution in [0.3, 0.4) is 0 Å². The number of nitrogens with one attached hydrogen (secondary N) is 1. The number of likely N-dealkylation sites (tertiary alicyclic amines) is 1. The number of carboxylic acids is 1. The Hall–Kier alpha value is -1.59. The second kappa shape index (κ2) is 7.53. The van der Waals surface area contributed by atoms with E-state index in [1.54, 1.807) is 0 Å². The summed E-state index contributed by atoms with van der Waals surface area (Å²) < 4.78 is 0. The summed E-state index contributed by atoms with van der Waals surface area (Å²) in [6.45, 7) is 4.07. The van der Waals surface area contributed by atoms with Crippen LogP contribution in [0.5, 0.6) is 0 Å². The zero-order valence-electron chi connectivity index (χ0n) is 14.0. The van der Waals surface area contributed by atoms with E-state index >= 15 is 0 Å². The van der Waals surface area contributed by atoms with Crippen LogP contribution in [0.2, 0.25) is 0 Å². The number of carboxylic acid groups (broad SMARTS) is 1. The lowest BCUT2D eigenvalue weighted by molar-refractivity contribution is -0.149. The molecule has 132 valence electrons. The number of nitrogens with zero attached hydrogens (tertiary/aromatic N) is 1. The van der Waals surface area contributed by atoms with Crippen molar-refractivity contribution in [2.24, 2.45) is 11.3 Å². The average molecular weight is 353 g/mol. The number of carbonyl (C=O) groups excluding carboxylic acids is 1. The van der Waals surface area contributed by atoms with Gasteiger partial charge in [0, 0.05) is 19.6 Å². The molecule has 1 saturated carbocycles. The molecule has 1 saturated heterocycles. The van der Waals surface area contributed by atoms with Crippen LogP contribution in [0, 0.1) is 18.3 Å². The molecule has 2 fully saturated rings. The molecule has 5 nitrogen and oxygen atoms in total. The number of benzene rings is 1. The first kappa shape index (κ1) is 18.7. The van der Waals surface area contributed by atoms with E-state index in [4.69, 9.17) is 0 Å². The van der Waals surface area contributed by atoms with Gasteiger partial charge >= 0.3 is 5.97 Å². The van der Waals surface area contributed by atoms with Crippen molar-refractivity contribution < 1.29 is 14.7 Å². The van der Waals surface area contributed by atoms with Gasteiger partial charge in [-0.15, -0.1) is 12.4 Å². The summed E-state index contributed by atoms with van der Waals surface area (Å²) in [5.74, 6) is -0.527. The summed E-state index contributed by atoms with van der Waals surface area (Å²) in [6.07, 6.45) is 2.70. The van der Waals surface area contributed by atoms with E-state index in [9.17, 15) is 14.7 Å². The zero-order valence-corrected chi connectivity index (χ0v) is 14.8. The lowest BCUT2D eigenvalue weighted by Gasteiger charge is -2.23. The molecular weight excluding hydrogens is 328 g/mol. The van der Waals surface area contributed by atoms with Crippen LogP contribution in [0.1, 0.15) is 30.4 Å². The number of amides is 1. The first-order chi connectivity index (χ1) is 11.0. The quantitative estimate of drug-likeness (QED) is 0.852. The summed E-state index contributed by atoms with van der Waals surface area (Å²) in [5, 5.41) is 12.5. The average Bonchev–Trinajstić information content (AvgIpc) is 3.04. The molecule has 3 rings (SSSR count). The van der Waals surface area contributed by atoms with Gasteiger partial charge in [-0.05, 0) is 36.8 Å². The predicted octanol–water partition coefficient (Wildman–Crippen LogP) is 2.22. The van der Waals surface area contributed by atoms with Crippen molar-refractivity contribution in [3.63, 3.8) is 0 Å². The van der Waals surface area contributed by atoms with E-state index in [2.05, 4.69) is 5.32 Å². The van der Waals surface area contributed by atoms with Crippen LogP contribution in [-0.4, -0.2) is 41.5 Å². The number of hydrogen-bond acceptors (Lipinski definition) is 3. The number of hydrogen-bond donors (Lipinski definition) is 2. The predicted molar refractivity (Wildman–Crippen MR) is 94.1 cm³/mol. The van der Waals surface area contributed by atoms with Crippen molar-refractivity contribution in [2.45, 2.75) is 32.7 Å². The van der Waals surface area contributed by atoms with Crippen LogP contribution < -0.4 is 5.32 Å². The topological polar surface area (TPSA) is 69.6 Å². The maximum Gasteiger partial charge on any atom is 0.311 e. The summed E-state index contributed by atoms with van der Waals surface area (Å²) in [5.41, 5.74) is 1.66. The molecule has 0 unspecified atom stereocenters. The van der Waals surface area contributed by atoms with Crippen LogP contribution in [0.25, 0.3) is 0 Å². The highest BCUT2D eigenvalue weighted by Gasteiger charge is 2.54. The lowest BCUT2D eigenvalue weighted by atomic mass is 9.81. The molecule has 1 heterocycles. The van der Waals surface area contributed by atoms with Crippen LogP contribution in [0.15, 0.2) is 24.3 Å². The van der Waals surface area contributed by atoms with Crippen molar-refractivity contribution in [1.82, 2.24) is 10.2 Å². The molecule has 0 bridgehead atoms. The Morgan fingerprint density at radius 1 is 1.38 bits per heavy atom. The minimum atomic E-state index is -0.692. The van der Waals surface area contributed by atoms with Gasteiger partial charge < -0.3 is 10.4 Å². The Labute approximate surface area is 148 Å². The Morgan fingerprint density at radius 2 is 2.12 bits per heavy atom. The summed E-state index contributed by atoms with van der Waals surface area (Å²) in [7, 11) is 0. The molecule has 0 radical (unpaired) electrons. The first-order valence-electron chi connectivity index (χ1n) is 8.28. The van der Waals surface area contributed by atoms with Crippen molar-refractivity contribution in [1.29, 1.82) is 0 Å². The molecule has 1 amide bonds. The van der Waals surface area contributed by atoms with Crippen LogP contribution in [0.4, 0.5) is 0 Å². The number of halogens is 1. The fraction of sp³-hybridized carbons (Fsp3) is 0.556. The molecule has 0 aromatic heterocycles. The fourth-order valence-electron chi connectivity index (χ4n) is 4.12. The minimum Gasteiger partial charge on any atom is -0.481 e. The van der Waals surface area contributed by atoms with Gasteiger partial charge in [0.1, 0.15) is 0 Å².